The van der Waals surface area contributed by atoms with E-state index in [-0.39, 0.29) is 29.6 Å². The molecule has 1 aromatic heterocycles. The van der Waals surface area contributed by atoms with Crippen molar-refractivity contribution in [1.82, 2.24) is 10.6 Å². The Labute approximate surface area is 146 Å². The maximum Gasteiger partial charge on any atom is 0.223 e. The molecule has 0 unspecified atom stereocenters. The van der Waals surface area contributed by atoms with Crippen LogP contribution in [0.4, 0.5) is 4.39 Å². The van der Waals surface area contributed by atoms with E-state index in [9.17, 15) is 14.0 Å². The van der Waals surface area contributed by atoms with E-state index in [1.807, 2.05) is 13.8 Å². The number of rotatable bonds is 7. The van der Waals surface area contributed by atoms with Crippen molar-refractivity contribution in [2.75, 3.05) is 6.54 Å². The van der Waals surface area contributed by atoms with E-state index in [1.165, 1.54) is 12.1 Å². The van der Waals surface area contributed by atoms with Crippen molar-refractivity contribution in [3.8, 4) is 0 Å². The predicted molar refractivity (Wildman–Crippen MR) is 92.4 cm³/mol. The molecule has 2 N–H and O–H groups in total. The minimum absolute atomic E-state index is 0.0962. The fourth-order valence-electron chi connectivity index (χ4n) is 2.95. The smallest absolute Gasteiger partial charge is 0.223 e. The summed E-state index contributed by atoms with van der Waals surface area (Å²) in [5.74, 6) is 0.511. The molecule has 25 heavy (non-hydrogen) atoms. The molecule has 0 saturated heterocycles. The summed E-state index contributed by atoms with van der Waals surface area (Å²) >= 11 is 0. The number of furan rings is 1. The number of hydrogen-bond donors (Lipinski definition) is 2. The molecule has 2 amide bonds. The number of benzene rings is 1. The van der Waals surface area contributed by atoms with Crippen LogP contribution in [0.25, 0.3) is 11.0 Å². The average Bonchev–Trinajstić information content (AvgIpc) is 3.37. The summed E-state index contributed by atoms with van der Waals surface area (Å²) in [5.41, 5.74) is 1.44. The second-order valence-corrected chi connectivity index (χ2v) is 6.69. The van der Waals surface area contributed by atoms with Gasteiger partial charge in [-0.05, 0) is 51.3 Å². The van der Waals surface area contributed by atoms with Crippen molar-refractivity contribution in [2.24, 2.45) is 5.92 Å². The Morgan fingerprint density at radius 3 is 2.84 bits per heavy atom. The Morgan fingerprint density at radius 2 is 2.12 bits per heavy atom. The zero-order valence-corrected chi connectivity index (χ0v) is 14.5. The predicted octanol–water partition coefficient (Wildman–Crippen LogP) is 3.36. The quantitative estimate of drug-likeness (QED) is 0.755. The SMILES string of the molecule is Cc1c([C@@H](C)NC(=O)CCCNC(=O)C2CC2)oc2ccc(F)cc12. The van der Waals surface area contributed by atoms with E-state index in [0.29, 0.717) is 30.7 Å². The number of fused-ring (bicyclic) bond motifs is 1. The minimum atomic E-state index is -0.312. The Balaban J connectivity index is 1.51. The van der Waals surface area contributed by atoms with Gasteiger partial charge in [-0.2, -0.15) is 0 Å². The van der Waals surface area contributed by atoms with Crippen LogP contribution in [0.3, 0.4) is 0 Å². The molecule has 1 fully saturated rings. The third-order valence-electron chi connectivity index (χ3n) is 4.53. The first-order valence-corrected chi connectivity index (χ1v) is 8.71. The fraction of sp³-hybridized carbons (Fsp3) is 0.474. The first-order chi connectivity index (χ1) is 12.0. The van der Waals surface area contributed by atoms with Crippen LogP contribution in [0, 0.1) is 18.7 Å². The van der Waals surface area contributed by atoms with Gasteiger partial charge in [0, 0.05) is 29.8 Å². The van der Waals surface area contributed by atoms with Gasteiger partial charge in [-0.3, -0.25) is 9.59 Å². The van der Waals surface area contributed by atoms with E-state index in [4.69, 9.17) is 4.42 Å². The zero-order valence-electron chi connectivity index (χ0n) is 14.5. The summed E-state index contributed by atoms with van der Waals surface area (Å²) < 4.78 is 19.1. The molecule has 1 aliphatic carbocycles. The van der Waals surface area contributed by atoms with E-state index in [2.05, 4.69) is 10.6 Å². The highest BCUT2D eigenvalue weighted by Crippen LogP contribution is 2.30. The molecule has 3 rings (SSSR count). The highest BCUT2D eigenvalue weighted by Gasteiger charge is 2.29. The van der Waals surface area contributed by atoms with Crippen LogP contribution in [0.5, 0.6) is 0 Å². The normalized spacial score (nSPS) is 15.2. The van der Waals surface area contributed by atoms with E-state index < -0.39 is 0 Å². The zero-order chi connectivity index (χ0) is 18.0. The van der Waals surface area contributed by atoms with Gasteiger partial charge in [-0.15, -0.1) is 0 Å². The van der Waals surface area contributed by atoms with Crippen LogP contribution < -0.4 is 10.6 Å². The summed E-state index contributed by atoms with van der Waals surface area (Å²) in [7, 11) is 0. The van der Waals surface area contributed by atoms with Crippen LogP contribution >= 0.6 is 0 Å². The standard InChI is InChI=1S/C19H23FN2O3/c1-11-15-10-14(20)7-8-16(15)25-18(11)12(2)22-17(23)4-3-9-21-19(24)13-5-6-13/h7-8,10,12-13H,3-6,9H2,1-2H3,(H,21,24)(H,22,23)/t12-/m1/s1. The number of amides is 2. The van der Waals surface area contributed by atoms with E-state index >= 15 is 0 Å². The van der Waals surface area contributed by atoms with Gasteiger partial charge in [0.1, 0.15) is 17.2 Å². The van der Waals surface area contributed by atoms with Crippen LogP contribution in [-0.2, 0) is 9.59 Å². The minimum Gasteiger partial charge on any atom is -0.459 e. The molecule has 1 atom stereocenters. The number of nitrogens with one attached hydrogen (secondary N) is 2. The van der Waals surface area contributed by atoms with Gasteiger partial charge < -0.3 is 15.1 Å². The molecule has 134 valence electrons. The van der Waals surface area contributed by atoms with Gasteiger partial charge in [0.05, 0.1) is 6.04 Å². The fourth-order valence-corrected chi connectivity index (χ4v) is 2.95. The summed E-state index contributed by atoms with van der Waals surface area (Å²) in [4.78, 5) is 23.6. The van der Waals surface area contributed by atoms with Crippen LogP contribution in [0.15, 0.2) is 22.6 Å². The summed E-state index contributed by atoms with van der Waals surface area (Å²) in [6, 6.07) is 4.09. The van der Waals surface area contributed by atoms with Gasteiger partial charge in [-0.1, -0.05) is 0 Å². The largest absolute Gasteiger partial charge is 0.459 e. The molecule has 0 aliphatic heterocycles. The van der Waals surface area contributed by atoms with Crippen molar-refractivity contribution in [3.63, 3.8) is 0 Å². The maximum absolute atomic E-state index is 13.4. The topological polar surface area (TPSA) is 71.3 Å². The van der Waals surface area contributed by atoms with Crippen molar-refractivity contribution < 1.29 is 18.4 Å². The van der Waals surface area contributed by atoms with Crippen LogP contribution in [0.1, 0.15) is 50.0 Å². The van der Waals surface area contributed by atoms with Gasteiger partial charge in [0.2, 0.25) is 11.8 Å². The lowest BCUT2D eigenvalue weighted by Crippen LogP contribution is -2.29. The lowest BCUT2D eigenvalue weighted by atomic mass is 10.1. The number of halogens is 1. The van der Waals surface area contributed by atoms with Gasteiger partial charge in [-0.25, -0.2) is 4.39 Å². The number of carbonyl (C=O) groups is 2. The molecule has 0 bridgehead atoms. The molecule has 2 aromatic rings. The van der Waals surface area contributed by atoms with E-state index in [0.717, 1.165) is 23.8 Å². The summed E-state index contributed by atoms with van der Waals surface area (Å²) in [6.07, 6.45) is 2.89. The van der Waals surface area contributed by atoms with Crippen molar-refractivity contribution in [1.29, 1.82) is 0 Å². The molecule has 0 spiro atoms. The highest BCUT2D eigenvalue weighted by molar-refractivity contribution is 5.83. The summed E-state index contributed by atoms with van der Waals surface area (Å²) in [5, 5.41) is 6.46. The monoisotopic (exact) mass is 346 g/mol. The molecule has 1 aromatic carbocycles. The molecule has 1 saturated carbocycles. The second-order valence-electron chi connectivity index (χ2n) is 6.69. The second kappa shape index (κ2) is 7.25. The number of carbonyl (C=O) groups excluding carboxylic acids is 2. The molecule has 5 nitrogen and oxygen atoms in total. The van der Waals surface area contributed by atoms with Crippen LogP contribution in [-0.4, -0.2) is 18.4 Å². The maximum atomic E-state index is 13.4. The van der Waals surface area contributed by atoms with Gasteiger partial charge >= 0.3 is 0 Å². The molecule has 0 radical (unpaired) electrons. The van der Waals surface area contributed by atoms with Crippen molar-refractivity contribution in [2.45, 2.75) is 45.6 Å². The lowest BCUT2D eigenvalue weighted by molar-refractivity contribution is -0.123. The third-order valence-corrected chi connectivity index (χ3v) is 4.53. The molecular formula is C19H23FN2O3. The van der Waals surface area contributed by atoms with Crippen molar-refractivity contribution in [3.05, 3.63) is 35.3 Å². The third kappa shape index (κ3) is 4.18. The Kier molecular flexibility index (Phi) is 5.06. The molecular weight excluding hydrogens is 323 g/mol. The Hall–Kier alpha value is -2.37. The number of aryl methyl sites for hydroxylation is 1. The van der Waals surface area contributed by atoms with Crippen molar-refractivity contribution >= 4 is 22.8 Å². The first kappa shape index (κ1) is 17.5. The Bertz CT molecular complexity index is 795. The first-order valence-electron chi connectivity index (χ1n) is 8.71. The Morgan fingerprint density at radius 1 is 1.36 bits per heavy atom. The molecule has 6 heteroatoms. The number of hydrogen-bond acceptors (Lipinski definition) is 3. The van der Waals surface area contributed by atoms with Crippen LogP contribution in [0.2, 0.25) is 0 Å². The van der Waals surface area contributed by atoms with E-state index in [1.54, 1.807) is 6.07 Å². The molecule has 1 aliphatic rings. The summed E-state index contributed by atoms with van der Waals surface area (Å²) in [6.45, 7) is 4.21. The highest BCUT2D eigenvalue weighted by atomic mass is 19.1. The average molecular weight is 346 g/mol. The molecule has 1 heterocycles. The lowest BCUT2D eigenvalue weighted by Gasteiger charge is -2.12. The van der Waals surface area contributed by atoms with Gasteiger partial charge in [0.15, 0.2) is 0 Å². The van der Waals surface area contributed by atoms with Gasteiger partial charge in [0.25, 0.3) is 0 Å².